The van der Waals surface area contributed by atoms with E-state index in [9.17, 15) is 4.39 Å². The lowest BCUT2D eigenvalue weighted by atomic mass is 10.0. The highest BCUT2D eigenvalue weighted by Crippen LogP contribution is 2.15. The summed E-state index contributed by atoms with van der Waals surface area (Å²) in [7, 11) is 1.86. The molecule has 0 aliphatic heterocycles. The van der Waals surface area contributed by atoms with Gasteiger partial charge in [0.25, 0.3) is 0 Å². The molecule has 2 N–H and O–H groups in total. The molecule has 3 nitrogen and oxygen atoms in total. The molecular weight excluding hydrogens is 205 g/mol. The van der Waals surface area contributed by atoms with E-state index >= 15 is 0 Å². The third kappa shape index (κ3) is 2.46. The predicted octanol–water partition coefficient (Wildman–Crippen LogP) is 1.80. The van der Waals surface area contributed by atoms with E-state index in [1.807, 2.05) is 25.4 Å². The van der Waals surface area contributed by atoms with Gasteiger partial charge in [-0.25, -0.2) is 4.39 Å². The van der Waals surface area contributed by atoms with E-state index in [2.05, 4.69) is 5.10 Å². The number of halogens is 1. The molecule has 1 aromatic heterocycles. The lowest BCUT2D eigenvalue weighted by Gasteiger charge is -2.10. The average molecular weight is 219 g/mol. The van der Waals surface area contributed by atoms with Gasteiger partial charge in [0.15, 0.2) is 0 Å². The molecule has 0 saturated carbocycles. The topological polar surface area (TPSA) is 43.8 Å². The van der Waals surface area contributed by atoms with Gasteiger partial charge >= 0.3 is 0 Å². The van der Waals surface area contributed by atoms with Crippen LogP contribution in [0.15, 0.2) is 36.5 Å². The van der Waals surface area contributed by atoms with Crippen molar-refractivity contribution in [2.45, 2.75) is 12.5 Å². The molecule has 2 aromatic rings. The second-order valence-electron chi connectivity index (χ2n) is 3.85. The fourth-order valence-electron chi connectivity index (χ4n) is 1.65. The molecular formula is C12H14FN3. The molecule has 0 aliphatic rings. The summed E-state index contributed by atoms with van der Waals surface area (Å²) in [6.45, 7) is 0. The summed E-state index contributed by atoms with van der Waals surface area (Å²) < 4.78 is 14.7. The van der Waals surface area contributed by atoms with Crippen LogP contribution in [0.4, 0.5) is 4.39 Å². The van der Waals surface area contributed by atoms with Gasteiger partial charge in [-0.15, -0.1) is 0 Å². The number of benzene rings is 1. The van der Waals surface area contributed by atoms with Crippen LogP contribution in [-0.2, 0) is 13.5 Å². The van der Waals surface area contributed by atoms with Crippen molar-refractivity contribution < 1.29 is 4.39 Å². The minimum absolute atomic E-state index is 0.217. The second-order valence-corrected chi connectivity index (χ2v) is 3.85. The third-order valence-electron chi connectivity index (χ3n) is 2.47. The Labute approximate surface area is 93.7 Å². The number of hydrogen-bond donors (Lipinski definition) is 1. The van der Waals surface area contributed by atoms with Gasteiger partial charge in [-0.2, -0.15) is 5.10 Å². The monoisotopic (exact) mass is 219 g/mol. The summed E-state index contributed by atoms with van der Waals surface area (Å²) in [4.78, 5) is 0. The molecule has 0 radical (unpaired) electrons. The SMILES string of the molecule is Cn1ccc(CC(N)c2cccc(F)c2)n1. The standard InChI is InChI=1S/C12H14FN3/c1-16-6-5-11(15-16)8-12(14)9-3-2-4-10(13)7-9/h2-7,12H,8,14H2,1H3. The van der Waals surface area contributed by atoms with Gasteiger partial charge in [0.2, 0.25) is 0 Å². The van der Waals surface area contributed by atoms with E-state index in [1.165, 1.54) is 12.1 Å². The summed E-state index contributed by atoms with van der Waals surface area (Å²) in [5.74, 6) is -0.256. The zero-order valence-electron chi connectivity index (χ0n) is 9.10. The van der Waals surface area contributed by atoms with E-state index < -0.39 is 0 Å². The number of rotatable bonds is 3. The smallest absolute Gasteiger partial charge is 0.123 e. The van der Waals surface area contributed by atoms with Crippen molar-refractivity contribution in [3.8, 4) is 0 Å². The van der Waals surface area contributed by atoms with Gasteiger partial charge in [-0.05, 0) is 23.8 Å². The molecule has 1 aromatic carbocycles. The molecule has 2 rings (SSSR count). The maximum Gasteiger partial charge on any atom is 0.123 e. The van der Waals surface area contributed by atoms with Gasteiger partial charge in [0.05, 0.1) is 5.69 Å². The molecule has 0 spiro atoms. The number of nitrogens with zero attached hydrogens (tertiary/aromatic N) is 2. The first kappa shape index (κ1) is 10.8. The lowest BCUT2D eigenvalue weighted by molar-refractivity contribution is 0.616. The average Bonchev–Trinajstić information content (AvgIpc) is 2.64. The molecule has 4 heteroatoms. The van der Waals surface area contributed by atoms with Crippen LogP contribution in [0.25, 0.3) is 0 Å². The summed E-state index contributed by atoms with van der Waals surface area (Å²) in [5, 5.41) is 4.24. The Morgan fingerprint density at radius 3 is 2.88 bits per heavy atom. The molecule has 1 unspecified atom stereocenters. The molecule has 0 saturated heterocycles. The van der Waals surface area contributed by atoms with Crippen LogP contribution in [0.1, 0.15) is 17.3 Å². The molecule has 0 fully saturated rings. The molecule has 1 heterocycles. The second kappa shape index (κ2) is 4.45. The van der Waals surface area contributed by atoms with Crippen LogP contribution in [0.5, 0.6) is 0 Å². The number of aryl methyl sites for hydroxylation is 1. The molecule has 0 amide bonds. The van der Waals surface area contributed by atoms with Crippen molar-refractivity contribution >= 4 is 0 Å². The highest BCUT2D eigenvalue weighted by Gasteiger charge is 2.09. The van der Waals surface area contributed by atoms with Gasteiger partial charge in [0, 0.05) is 25.7 Å². The first-order valence-electron chi connectivity index (χ1n) is 5.15. The van der Waals surface area contributed by atoms with Crippen LogP contribution in [-0.4, -0.2) is 9.78 Å². The summed E-state index contributed by atoms with van der Waals surface area (Å²) in [5.41, 5.74) is 7.70. The summed E-state index contributed by atoms with van der Waals surface area (Å²) in [6, 6.07) is 8.08. The first-order chi connectivity index (χ1) is 7.65. The minimum atomic E-state index is -0.256. The molecule has 84 valence electrons. The van der Waals surface area contributed by atoms with Crippen molar-refractivity contribution in [1.82, 2.24) is 9.78 Å². The molecule has 0 bridgehead atoms. The highest BCUT2D eigenvalue weighted by molar-refractivity contribution is 5.21. The summed E-state index contributed by atoms with van der Waals surface area (Å²) >= 11 is 0. The van der Waals surface area contributed by atoms with Crippen LogP contribution >= 0.6 is 0 Å². The van der Waals surface area contributed by atoms with Crippen LogP contribution < -0.4 is 5.73 Å². The van der Waals surface area contributed by atoms with Crippen molar-refractivity contribution in [3.05, 3.63) is 53.6 Å². The van der Waals surface area contributed by atoms with E-state index in [0.717, 1.165) is 11.3 Å². The normalized spacial score (nSPS) is 12.7. The van der Waals surface area contributed by atoms with E-state index in [-0.39, 0.29) is 11.9 Å². The molecule has 16 heavy (non-hydrogen) atoms. The fraction of sp³-hybridized carbons (Fsp3) is 0.250. The van der Waals surface area contributed by atoms with Gasteiger partial charge in [-0.1, -0.05) is 12.1 Å². The Bertz CT molecular complexity index is 479. The highest BCUT2D eigenvalue weighted by atomic mass is 19.1. The van der Waals surface area contributed by atoms with Gasteiger partial charge in [0.1, 0.15) is 5.82 Å². The van der Waals surface area contributed by atoms with Gasteiger partial charge < -0.3 is 5.73 Å². The Morgan fingerprint density at radius 1 is 1.44 bits per heavy atom. The Morgan fingerprint density at radius 2 is 2.25 bits per heavy atom. The van der Waals surface area contributed by atoms with Crippen molar-refractivity contribution in [2.24, 2.45) is 12.8 Å². The maximum absolute atomic E-state index is 13.0. The van der Waals surface area contributed by atoms with Crippen molar-refractivity contribution in [1.29, 1.82) is 0 Å². The third-order valence-corrected chi connectivity index (χ3v) is 2.47. The van der Waals surface area contributed by atoms with Gasteiger partial charge in [-0.3, -0.25) is 4.68 Å². The summed E-state index contributed by atoms with van der Waals surface area (Å²) in [6.07, 6.45) is 2.48. The van der Waals surface area contributed by atoms with E-state index in [1.54, 1.807) is 10.7 Å². The molecule has 0 aliphatic carbocycles. The number of nitrogens with two attached hydrogens (primary N) is 1. The maximum atomic E-state index is 13.0. The largest absolute Gasteiger partial charge is 0.324 e. The zero-order valence-corrected chi connectivity index (χ0v) is 9.10. The Balaban J connectivity index is 2.11. The van der Waals surface area contributed by atoms with E-state index in [0.29, 0.717) is 6.42 Å². The first-order valence-corrected chi connectivity index (χ1v) is 5.15. The van der Waals surface area contributed by atoms with Crippen LogP contribution in [0.3, 0.4) is 0 Å². The quantitative estimate of drug-likeness (QED) is 0.855. The predicted molar refractivity (Wildman–Crippen MR) is 60.2 cm³/mol. The zero-order chi connectivity index (χ0) is 11.5. The Hall–Kier alpha value is -1.68. The fourth-order valence-corrected chi connectivity index (χ4v) is 1.65. The van der Waals surface area contributed by atoms with Crippen molar-refractivity contribution in [3.63, 3.8) is 0 Å². The lowest BCUT2D eigenvalue weighted by Crippen LogP contribution is -2.14. The van der Waals surface area contributed by atoms with Crippen LogP contribution in [0.2, 0.25) is 0 Å². The van der Waals surface area contributed by atoms with Crippen LogP contribution in [0, 0.1) is 5.82 Å². The number of aromatic nitrogens is 2. The van der Waals surface area contributed by atoms with E-state index in [4.69, 9.17) is 5.73 Å². The molecule has 1 atom stereocenters. The van der Waals surface area contributed by atoms with Crippen molar-refractivity contribution in [2.75, 3.05) is 0 Å². The minimum Gasteiger partial charge on any atom is -0.324 e. The Kier molecular flexibility index (Phi) is 3.01. The number of hydrogen-bond acceptors (Lipinski definition) is 2.